The number of nitrogens with zero attached hydrogens (tertiary/aromatic N) is 6. The molecular weight excluding hydrogens is 435 g/mol. The maximum atomic E-state index is 13.0. The van der Waals surface area contributed by atoms with Crippen LogP contribution in [0.3, 0.4) is 0 Å². The molecule has 11 heteroatoms. The van der Waals surface area contributed by atoms with Crippen molar-refractivity contribution in [2.24, 2.45) is 0 Å². The van der Waals surface area contributed by atoms with E-state index in [0.29, 0.717) is 19.0 Å². The van der Waals surface area contributed by atoms with Crippen LogP contribution in [0.4, 0.5) is 5.95 Å². The van der Waals surface area contributed by atoms with E-state index in [1.807, 2.05) is 36.1 Å². The first kappa shape index (κ1) is 20.1. The highest BCUT2D eigenvalue weighted by Crippen LogP contribution is 2.31. The molecular formula is C18H18Cl2N6O2S. The molecule has 4 rings (SSSR count). The van der Waals surface area contributed by atoms with Crippen molar-refractivity contribution in [1.82, 2.24) is 24.5 Å². The number of benzene rings is 2. The quantitative estimate of drug-likeness (QED) is 0.604. The number of hydrogen-bond acceptors (Lipinski definition) is 6. The molecule has 0 atom stereocenters. The van der Waals surface area contributed by atoms with Crippen molar-refractivity contribution in [2.45, 2.75) is 11.8 Å². The van der Waals surface area contributed by atoms with Crippen LogP contribution in [0.2, 0.25) is 10.0 Å². The molecule has 0 N–H and O–H groups in total. The first-order valence-electron chi connectivity index (χ1n) is 8.92. The van der Waals surface area contributed by atoms with Crippen LogP contribution in [-0.2, 0) is 10.0 Å². The van der Waals surface area contributed by atoms with E-state index in [0.717, 1.165) is 11.3 Å². The third-order valence-electron chi connectivity index (χ3n) is 4.79. The summed E-state index contributed by atoms with van der Waals surface area (Å²) >= 11 is 12.1. The lowest BCUT2D eigenvalue weighted by molar-refractivity contribution is 0.381. The minimum Gasteiger partial charge on any atom is -0.337 e. The summed E-state index contributed by atoms with van der Waals surface area (Å²) in [4.78, 5) is 1.98. The van der Waals surface area contributed by atoms with Crippen LogP contribution in [0.25, 0.3) is 5.69 Å². The summed E-state index contributed by atoms with van der Waals surface area (Å²) < 4.78 is 29.0. The standard InChI is InChI=1S/C18H18Cl2N6O2S/c1-13-5-7-14(8-6-13)26-18(21-22-23-26)24-9-11-25(12-10-24)29(27,28)16-4-2-3-15(19)17(16)20/h2-8H,9-12H2,1H3. The number of hydrogen-bond donors (Lipinski definition) is 0. The second kappa shape index (κ2) is 7.91. The van der Waals surface area contributed by atoms with Crippen molar-refractivity contribution in [3.8, 4) is 5.69 Å². The Kier molecular flexibility index (Phi) is 5.48. The number of piperazine rings is 1. The van der Waals surface area contributed by atoms with Gasteiger partial charge in [0, 0.05) is 26.2 Å². The number of tetrazole rings is 1. The van der Waals surface area contributed by atoms with Gasteiger partial charge in [0.2, 0.25) is 16.0 Å². The fraction of sp³-hybridized carbons (Fsp3) is 0.278. The molecule has 1 fully saturated rings. The van der Waals surface area contributed by atoms with Crippen LogP contribution < -0.4 is 4.90 Å². The lowest BCUT2D eigenvalue weighted by Gasteiger charge is -2.34. The van der Waals surface area contributed by atoms with Gasteiger partial charge in [-0.25, -0.2) is 8.42 Å². The Hall–Kier alpha value is -2.20. The third kappa shape index (κ3) is 3.83. The maximum Gasteiger partial charge on any atom is 0.250 e. The number of aromatic nitrogens is 4. The van der Waals surface area contributed by atoms with Gasteiger partial charge in [0.1, 0.15) is 4.90 Å². The van der Waals surface area contributed by atoms with Gasteiger partial charge >= 0.3 is 0 Å². The highest BCUT2D eigenvalue weighted by molar-refractivity contribution is 7.89. The number of rotatable bonds is 4. The summed E-state index contributed by atoms with van der Waals surface area (Å²) in [5.74, 6) is 0.576. The fourth-order valence-electron chi connectivity index (χ4n) is 3.18. The topological polar surface area (TPSA) is 84.2 Å². The molecule has 0 aliphatic carbocycles. The highest BCUT2D eigenvalue weighted by atomic mass is 35.5. The highest BCUT2D eigenvalue weighted by Gasteiger charge is 2.32. The lowest BCUT2D eigenvalue weighted by atomic mass is 10.2. The Balaban J connectivity index is 1.53. The molecule has 0 unspecified atom stereocenters. The van der Waals surface area contributed by atoms with E-state index < -0.39 is 10.0 Å². The van der Waals surface area contributed by atoms with Crippen molar-refractivity contribution in [3.05, 3.63) is 58.1 Å². The number of halogens is 2. The largest absolute Gasteiger partial charge is 0.337 e. The monoisotopic (exact) mass is 452 g/mol. The van der Waals surface area contributed by atoms with Gasteiger partial charge in [0.25, 0.3) is 0 Å². The third-order valence-corrected chi connectivity index (χ3v) is 7.66. The molecule has 1 aliphatic heterocycles. The molecule has 0 spiro atoms. The lowest BCUT2D eigenvalue weighted by Crippen LogP contribution is -2.49. The van der Waals surface area contributed by atoms with Crippen molar-refractivity contribution < 1.29 is 8.42 Å². The Morgan fingerprint density at radius 3 is 2.34 bits per heavy atom. The molecule has 8 nitrogen and oxygen atoms in total. The molecule has 0 radical (unpaired) electrons. The predicted octanol–water partition coefficient (Wildman–Crippen LogP) is 2.79. The van der Waals surface area contributed by atoms with Crippen molar-refractivity contribution in [1.29, 1.82) is 0 Å². The van der Waals surface area contributed by atoms with E-state index in [9.17, 15) is 8.42 Å². The van der Waals surface area contributed by atoms with Gasteiger partial charge in [-0.3, -0.25) is 0 Å². The molecule has 3 aromatic rings. The minimum absolute atomic E-state index is 0.0182. The first-order chi connectivity index (χ1) is 13.9. The molecule has 2 aromatic carbocycles. The summed E-state index contributed by atoms with van der Waals surface area (Å²) in [5.41, 5.74) is 1.98. The van der Waals surface area contributed by atoms with Gasteiger partial charge in [-0.1, -0.05) is 52.1 Å². The van der Waals surface area contributed by atoms with Crippen LogP contribution >= 0.6 is 23.2 Å². The fourth-order valence-corrected chi connectivity index (χ4v) is 5.34. The Labute approximate surface area is 178 Å². The van der Waals surface area contributed by atoms with Crippen molar-refractivity contribution in [2.75, 3.05) is 31.1 Å². The first-order valence-corrected chi connectivity index (χ1v) is 11.1. The molecule has 0 bridgehead atoms. The van der Waals surface area contributed by atoms with E-state index in [1.54, 1.807) is 16.8 Å². The van der Waals surface area contributed by atoms with E-state index in [-0.39, 0.29) is 28.0 Å². The average molecular weight is 453 g/mol. The smallest absolute Gasteiger partial charge is 0.250 e. The zero-order valence-electron chi connectivity index (χ0n) is 15.5. The Morgan fingerprint density at radius 1 is 0.966 bits per heavy atom. The van der Waals surface area contributed by atoms with Crippen molar-refractivity contribution >= 4 is 39.2 Å². The molecule has 0 amide bonds. The van der Waals surface area contributed by atoms with Crippen LogP contribution in [0.15, 0.2) is 47.4 Å². The molecule has 152 valence electrons. The summed E-state index contributed by atoms with van der Waals surface area (Å²) in [7, 11) is -3.74. The summed E-state index contributed by atoms with van der Waals surface area (Å²) in [6.45, 7) is 3.47. The van der Waals surface area contributed by atoms with Gasteiger partial charge in [-0.2, -0.15) is 8.99 Å². The number of aryl methyl sites for hydroxylation is 1. The SMILES string of the molecule is Cc1ccc(-n2nnnc2N2CCN(S(=O)(=O)c3cccc(Cl)c3Cl)CC2)cc1. The van der Waals surface area contributed by atoms with Gasteiger partial charge in [-0.15, -0.1) is 0 Å². The molecule has 1 saturated heterocycles. The molecule has 1 aliphatic rings. The minimum atomic E-state index is -3.74. The summed E-state index contributed by atoms with van der Waals surface area (Å²) in [5, 5.41) is 12.3. The van der Waals surface area contributed by atoms with Crippen LogP contribution in [-0.4, -0.2) is 59.1 Å². The predicted molar refractivity (Wildman–Crippen MR) is 111 cm³/mol. The van der Waals surface area contributed by atoms with Crippen LogP contribution in [0.1, 0.15) is 5.56 Å². The van der Waals surface area contributed by atoms with E-state index in [4.69, 9.17) is 23.2 Å². The zero-order chi connectivity index (χ0) is 20.6. The number of anilines is 1. The van der Waals surface area contributed by atoms with E-state index >= 15 is 0 Å². The van der Waals surface area contributed by atoms with E-state index in [2.05, 4.69) is 15.5 Å². The number of sulfonamides is 1. The molecule has 2 heterocycles. The second-order valence-corrected chi connectivity index (χ2v) is 9.36. The Bertz CT molecular complexity index is 1130. The molecule has 0 saturated carbocycles. The van der Waals surface area contributed by atoms with Crippen molar-refractivity contribution in [3.63, 3.8) is 0 Å². The van der Waals surface area contributed by atoms with Crippen LogP contribution in [0.5, 0.6) is 0 Å². The second-order valence-electron chi connectivity index (χ2n) is 6.67. The molecule has 1 aromatic heterocycles. The average Bonchev–Trinajstić information content (AvgIpc) is 3.20. The van der Waals surface area contributed by atoms with Gasteiger partial charge < -0.3 is 4.90 Å². The van der Waals surface area contributed by atoms with Gasteiger partial charge in [0.15, 0.2) is 0 Å². The Morgan fingerprint density at radius 2 is 1.66 bits per heavy atom. The van der Waals surface area contributed by atoms with Gasteiger partial charge in [-0.05, 0) is 41.6 Å². The maximum absolute atomic E-state index is 13.0. The van der Waals surface area contributed by atoms with Crippen LogP contribution in [0, 0.1) is 6.92 Å². The van der Waals surface area contributed by atoms with Gasteiger partial charge in [0.05, 0.1) is 15.7 Å². The summed E-state index contributed by atoms with van der Waals surface area (Å²) in [6, 6.07) is 12.5. The normalized spacial score (nSPS) is 15.6. The van der Waals surface area contributed by atoms with E-state index in [1.165, 1.54) is 10.4 Å². The summed E-state index contributed by atoms with van der Waals surface area (Å²) in [6.07, 6.45) is 0. The zero-order valence-corrected chi connectivity index (χ0v) is 17.9. The molecule has 29 heavy (non-hydrogen) atoms.